The topological polar surface area (TPSA) is 101 Å². The van der Waals surface area contributed by atoms with Crippen LogP contribution in [-0.4, -0.2) is 74.9 Å². The summed E-state index contributed by atoms with van der Waals surface area (Å²) in [6.07, 6.45) is -1.31. The Kier molecular flexibility index (Phi) is 4.51. The van der Waals surface area contributed by atoms with E-state index in [1.165, 1.54) is 4.90 Å². The molecular weight excluding hydrogens is 324 g/mol. The minimum atomic E-state index is -1.11. The number of nitrogens with zero attached hydrogens (tertiary/aromatic N) is 2. The molecule has 0 radical (unpaired) electrons. The second-order valence-corrected chi connectivity index (χ2v) is 7.65. The third kappa shape index (κ3) is 2.70. The lowest BCUT2D eigenvalue weighted by Crippen LogP contribution is -2.63. The van der Waals surface area contributed by atoms with Crippen LogP contribution < -0.4 is 0 Å². The molecule has 0 saturated carbocycles. The molecule has 2 saturated heterocycles. The average Bonchev–Trinajstić information content (AvgIpc) is 2.97. The first-order valence-corrected chi connectivity index (χ1v) is 8.68. The van der Waals surface area contributed by atoms with Gasteiger partial charge in [0.05, 0.1) is 24.2 Å². The van der Waals surface area contributed by atoms with Crippen LogP contribution >= 0.6 is 0 Å². The minimum Gasteiger partial charge on any atom is -0.477 e. The molecule has 1 unspecified atom stereocenters. The van der Waals surface area contributed by atoms with Gasteiger partial charge in [0, 0.05) is 31.5 Å². The van der Waals surface area contributed by atoms with Gasteiger partial charge in [-0.25, -0.2) is 4.79 Å². The lowest BCUT2D eigenvalue weighted by molar-refractivity contribution is -0.163. The number of hydrogen-bond acceptors (Lipinski definition) is 5. The molecule has 6 atom stereocenters. The molecule has 0 aromatic heterocycles. The van der Waals surface area contributed by atoms with E-state index in [4.69, 9.17) is 0 Å². The zero-order valence-electron chi connectivity index (χ0n) is 14.8. The van der Waals surface area contributed by atoms with Gasteiger partial charge >= 0.3 is 5.97 Å². The van der Waals surface area contributed by atoms with Gasteiger partial charge in [-0.05, 0) is 19.4 Å². The number of β-amino-alcohol motifs (C(OH)–C–C–N with tert-alkyl or cyclic N) is 1. The Balaban J connectivity index is 1.84. The van der Waals surface area contributed by atoms with Crippen molar-refractivity contribution in [1.29, 1.82) is 0 Å². The maximum atomic E-state index is 12.3. The van der Waals surface area contributed by atoms with Crippen molar-refractivity contribution >= 4 is 11.9 Å². The van der Waals surface area contributed by atoms with Gasteiger partial charge in [-0.1, -0.05) is 19.1 Å². The summed E-state index contributed by atoms with van der Waals surface area (Å²) in [5, 5.41) is 29.7. The Bertz CT molecular complexity index is 656. The number of carboxylic acids is 1. The number of rotatable bonds is 5. The van der Waals surface area contributed by atoms with Gasteiger partial charge in [0.2, 0.25) is 5.91 Å². The Morgan fingerprint density at radius 3 is 2.52 bits per heavy atom. The van der Waals surface area contributed by atoms with Crippen LogP contribution in [0.1, 0.15) is 20.8 Å². The molecule has 0 aromatic carbocycles. The van der Waals surface area contributed by atoms with Crippen LogP contribution in [0.3, 0.4) is 0 Å². The number of likely N-dealkylation sites (tertiary alicyclic amines) is 1. The van der Waals surface area contributed by atoms with E-state index in [2.05, 4.69) is 6.58 Å². The number of aliphatic hydroxyl groups is 2. The van der Waals surface area contributed by atoms with Crippen LogP contribution in [-0.2, 0) is 9.59 Å². The maximum Gasteiger partial charge on any atom is 0.352 e. The molecule has 25 heavy (non-hydrogen) atoms. The smallest absolute Gasteiger partial charge is 0.352 e. The molecule has 0 aromatic rings. The molecule has 3 rings (SSSR count). The van der Waals surface area contributed by atoms with Gasteiger partial charge in [-0.2, -0.15) is 0 Å². The number of carbonyl (C=O) groups excluding carboxylic acids is 1. The summed E-state index contributed by atoms with van der Waals surface area (Å²) < 4.78 is 0. The molecule has 0 spiro atoms. The SMILES string of the molecule is C=C(C)[C@@H]1CN(CC2=C(C(=O)O)N3C(=O)C([C@@H](C)O)[C@H]3[C@H]2C)C[C@H]1O. The monoisotopic (exact) mass is 350 g/mol. The molecule has 2 fully saturated rings. The number of carboxylic acid groups (broad SMARTS) is 1. The van der Waals surface area contributed by atoms with Crippen LogP contribution in [0.5, 0.6) is 0 Å². The summed E-state index contributed by atoms with van der Waals surface area (Å²) in [6.45, 7) is 10.8. The Hall–Kier alpha value is -1.70. The third-order valence-corrected chi connectivity index (χ3v) is 5.91. The lowest BCUT2D eigenvalue weighted by atomic mass is 9.77. The summed E-state index contributed by atoms with van der Waals surface area (Å²) in [5.74, 6) is -2.13. The summed E-state index contributed by atoms with van der Waals surface area (Å²) in [7, 11) is 0. The zero-order valence-corrected chi connectivity index (χ0v) is 14.8. The van der Waals surface area contributed by atoms with Crippen LogP contribution in [0, 0.1) is 17.8 Å². The van der Waals surface area contributed by atoms with Crippen molar-refractivity contribution in [1.82, 2.24) is 9.80 Å². The number of amides is 1. The minimum absolute atomic E-state index is 0.0190. The summed E-state index contributed by atoms with van der Waals surface area (Å²) in [6, 6.07) is -0.293. The molecule has 3 heterocycles. The average molecular weight is 350 g/mol. The van der Waals surface area contributed by atoms with Crippen molar-refractivity contribution in [2.24, 2.45) is 17.8 Å². The number of aliphatic carboxylic acids is 1. The van der Waals surface area contributed by atoms with Gasteiger partial charge in [0.1, 0.15) is 5.70 Å². The lowest BCUT2D eigenvalue weighted by Gasteiger charge is -2.46. The van der Waals surface area contributed by atoms with Crippen molar-refractivity contribution < 1.29 is 24.9 Å². The fourth-order valence-corrected chi connectivity index (χ4v) is 4.57. The van der Waals surface area contributed by atoms with E-state index in [0.717, 1.165) is 5.57 Å². The molecule has 0 aliphatic carbocycles. The number of fused-ring (bicyclic) bond motifs is 1. The van der Waals surface area contributed by atoms with Crippen molar-refractivity contribution in [3.63, 3.8) is 0 Å². The molecule has 138 valence electrons. The van der Waals surface area contributed by atoms with Crippen LogP contribution in [0.15, 0.2) is 23.4 Å². The van der Waals surface area contributed by atoms with Gasteiger partial charge in [-0.3, -0.25) is 9.69 Å². The van der Waals surface area contributed by atoms with Gasteiger partial charge in [0.25, 0.3) is 0 Å². The van der Waals surface area contributed by atoms with E-state index in [-0.39, 0.29) is 29.5 Å². The normalized spacial score (nSPS) is 36.4. The van der Waals surface area contributed by atoms with E-state index in [1.807, 2.05) is 18.7 Å². The maximum absolute atomic E-state index is 12.3. The van der Waals surface area contributed by atoms with E-state index >= 15 is 0 Å². The van der Waals surface area contributed by atoms with Crippen molar-refractivity contribution in [2.45, 2.75) is 39.0 Å². The highest BCUT2D eigenvalue weighted by Crippen LogP contribution is 2.47. The first kappa shape index (κ1) is 18.1. The molecule has 0 bridgehead atoms. The summed E-state index contributed by atoms with van der Waals surface area (Å²) >= 11 is 0. The molecule has 3 aliphatic rings. The number of carbonyl (C=O) groups is 2. The van der Waals surface area contributed by atoms with Crippen LogP contribution in [0.2, 0.25) is 0 Å². The second-order valence-electron chi connectivity index (χ2n) is 7.65. The van der Waals surface area contributed by atoms with Gasteiger partial charge in [-0.15, -0.1) is 0 Å². The molecule has 7 heteroatoms. The third-order valence-electron chi connectivity index (χ3n) is 5.91. The molecule has 1 amide bonds. The first-order valence-electron chi connectivity index (χ1n) is 8.68. The van der Waals surface area contributed by atoms with Crippen LogP contribution in [0.25, 0.3) is 0 Å². The van der Waals surface area contributed by atoms with Crippen molar-refractivity contribution in [2.75, 3.05) is 19.6 Å². The van der Waals surface area contributed by atoms with Gasteiger partial charge < -0.3 is 20.2 Å². The van der Waals surface area contributed by atoms with Crippen molar-refractivity contribution in [3.05, 3.63) is 23.4 Å². The second kappa shape index (κ2) is 6.23. The predicted octanol–water partition coefficient (Wildman–Crippen LogP) is 0.0514. The van der Waals surface area contributed by atoms with Crippen molar-refractivity contribution in [3.8, 4) is 0 Å². The van der Waals surface area contributed by atoms with Crippen LogP contribution in [0.4, 0.5) is 0 Å². The van der Waals surface area contributed by atoms with E-state index in [1.54, 1.807) is 6.92 Å². The molecule has 3 aliphatic heterocycles. The first-order chi connectivity index (χ1) is 11.6. The van der Waals surface area contributed by atoms with E-state index in [0.29, 0.717) is 25.2 Å². The standard InChI is InChI=1S/C18H26N2O5/c1-8(2)11-5-19(7-13(11)22)6-12-9(3)15-14(10(4)21)17(23)20(15)16(12)18(24)25/h9-11,13-15,21-22H,1,5-7H2,2-4H3,(H,24,25)/t9-,10+,11-,13+,14?,15+/m0/s1. The van der Waals surface area contributed by atoms with E-state index in [9.17, 15) is 24.9 Å². The molecular formula is C18H26N2O5. The summed E-state index contributed by atoms with van der Waals surface area (Å²) in [5.41, 5.74) is 1.66. The molecule has 7 nitrogen and oxygen atoms in total. The molecule has 3 N–H and O–H groups in total. The highest BCUT2D eigenvalue weighted by molar-refractivity contribution is 6.00. The number of aliphatic hydroxyl groups excluding tert-OH is 2. The highest BCUT2D eigenvalue weighted by Gasteiger charge is 2.59. The Labute approximate surface area is 147 Å². The Morgan fingerprint density at radius 1 is 1.40 bits per heavy atom. The summed E-state index contributed by atoms with van der Waals surface area (Å²) in [4.78, 5) is 27.5. The quantitative estimate of drug-likeness (QED) is 0.478. The Morgan fingerprint density at radius 2 is 2.04 bits per heavy atom. The van der Waals surface area contributed by atoms with E-state index < -0.39 is 24.1 Å². The fraction of sp³-hybridized carbons (Fsp3) is 0.667. The zero-order chi connectivity index (χ0) is 18.6. The number of hydrogen-bond donors (Lipinski definition) is 3. The number of β-lactam (4-membered cyclic amide) rings is 1. The largest absolute Gasteiger partial charge is 0.477 e. The fourth-order valence-electron chi connectivity index (χ4n) is 4.57. The highest BCUT2D eigenvalue weighted by atomic mass is 16.4. The van der Waals surface area contributed by atoms with Gasteiger partial charge in [0.15, 0.2) is 0 Å². The predicted molar refractivity (Wildman–Crippen MR) is 90.4 cm³/mol.